The van der Waals surface area contributed by atoms with E-state index in [0.29, 0.717) is 12.3 Å². The zero-order valence-electron chi connectivity index (χ0n) is 8.95. The van der Waals surface area contributed by atoms with Crippen LogP contribution in [-0.4, -0.2) is 9.67 Å². The average Bonchev–Trinajstić information content (AvgIpc) is 2.11. The maximum atomic E-state index is 11.2. The Morgan fingerprint density at radius 3 is 2.64 bits per heavy atom. The van der Waals surface area contributed by atoms with Gasteiger partial charge >= 0.3 is 0 Å². The Bertz CT molecular complexity index is 366. The monoisotopic (exact) mass is 195 g/mol. The van der Waals surface area contributed by atoms with Crippen molar-refractivity contribution in [2.24, 2.45) is 5.92 Å². The second-order valence-electron chi connectivity index (χ2n) is 3.88. The minimum Gasteiger partial charge on any atom is -0.503 e. The summed E-state index contributed by atoms with van der Waals surface area (Å²) in [6.45, 7) is 6.98. The van der Waals surface area contributed by atoms with Crippen molar-refractivity contribution < 1.29 is 5.11 Å². The molecule has 1 aromatic rings. The number of hydrogen-bond acceptors (Lipinski definition) is 2. The maximum Gasteiger partial charge on any atom is 0.223 e. The molecule has 0 aromatic carbocycles. The lowest BCUT2D eigenvalue weighted by Gasteiger charge is -2.15. The van der Waals surface area contributed by atoms with Gasteiger partial charge in [0.05, 0.1) is 5.69 Å². The van der Waals surface area contributed by atoms with Gasteiger partial charge in [0.2, 0.25) is 5.43 Å². The molecule has 0 radical (unpaired) electrons. The molecule has 0 amide bonds. The first-order chi connectivity index (χ1) is 6.56. The predicted octanol–water partition coefficient (Wildman–Crippen LogP) is 1.77. The molecule has 0 bridgehead atoms. The van der Waals surface area contributed by atoms with Crippen LogP contribution in [0.1, 0.15) is 26.5 Å². The normalized spacial score (nSPS) is 10.9. The lowest BCUT2D eigenvalue weighted by molar-refractivity contribution is 0.436. The zero-order valence-corrected chi connectivity index (χ0v) is 8.95. The minimum absolute atomic E-state index is 0.101. The average molecular weight is 195 g/mol. The third-order valence-electron chi connectivity index (χ3n) is 2.16. The summed E-state index contributed by atoms with van der Waals surface area (Å²) in [6.07, 6.45) is 2.43. The SMILES string of the molecule is CCc1c(O)c(=O)ccn1CC(C)C. The minimum atomic E-state index is -0.290. The summed E-state index contributed by atoms with van der Waals surface area (Å²) in [6, 6.07) is 1.41. The summed E-state index contributed by atoms with van der Waals surface area (Å²) in [7, 11) is 0. The predicted molar refractivity (Wildman–Crippen MR) is 56.6 cm³/mol. The molecule has 14 heavy (non-hydrogen) atoms. The molecule has 0 fully saturated rings. The molecule has 78 valence electrons. The van der Waals surface area contributed by atoms with Crippen LogP contribution in [0.5, 0.6) is 5.75 Å². The van der Waals surface area contributed by atoms with Gasteiger partial charge in [0.25, 0.3) is 0 Å². The molecule has 0 aliphatic carbocycles. The highest BCUT2D eigenvalue weighted by atomic mass is 16.3. The van der Waals surface area contributed by atoms with E-state index in [2.05, 4.69) is 13.8 Å². The van der Waals surface area contributed by atoms with Gasteiger partial charge in [0.1, 0.15) is 0 Å². The van der Waals surface area contributed by atoms with Gasteiger partial charge in [-0.1, -0.05) is 20.8 Å². The number of aromatic nitrogens is 1. The zero-order chi connectivity index (χ0) is 10.7. The summed E-state index contributed by atoms with van der Waals surface area (Å²) >= 11 is 0. The van der Waals surface area contributed by atoms with Crippen LogP contribution < -0.4 is 5.43 Å². The summed E-state index contributed by atoms with van der Waals surface area (Å²) in [5.74, 6) is 0.401. The fraction of sp³-hybridized carbons (Fsp3) is 0.545. The number of aromatic hydroxyl groups is 1. The van der Waals surface area contributed by atoms with Crippen molar-refractivity contribution in [3.05, 3.63) is 28.2 Å². The van der Waals surface area contributed by atoms with E-state index in [4.69, 9.17) is 0 Å². The Hall–Kier alpha value is -1.25. The quantitative estimate of drug-likeness (QED) is 0.798. The molecule has 1 aromatic heterocycles. The molecule has 3 heteroatoms. The Kier molecular flexibility index (Phi) is 3.33. The van der Waals surface area contributed by atoms with Crippen LogP contribution in [0.2, 0.25) is 0 Å². The second-order valence-corrected chi connectivity index (χ2v) is 3.88. The molecule has 0 saturated carbocycles. The molecule has 3 nitrogen and oxygen atoms in total. The van der Waals surface area contributed by atoms with Gasteiger partial charge in [-0.05, 0) is 12.3 Å². The smallest absolute Gasteiger partial charge is 0.223 e. The summed E-state index contributed by atoms with van der Waals surface area (Å²) in [4.78, 5) is 11.2. The molecule has 0 spiro atoms. The molecule has 1 N–H and O–H groups in total. The lowest BCUT2D eigenvalue weighted by Crippen LogP contribution is -2.14. The summed E-state index contributed by atoms with van der Waals surface area (Å²) in [5, 5.41) is 9.56. The highest BCUT2D eigenvalue weighted by Crippen LogP contribution is 2.13. The van der Waals surface area contributed by atoms with E-state index < -0.39 is 0 Å². The first-order valence-electron chi connectivity index (χ1n) is 4.97. The molecule has 0 atom stereocenters. The van der Waals surface area contributed by atoms with Gasteiger partial charge in [0.15, 0.2) is 5.75 Å². The van der Waals surface area contributed by atoms with E-state index >= 15 is 0 Å². The standard InChI is InChI=1S/C11H17NO2/c1-4-9-11(14)10(13)5-6-12(9)7-8(2)3/h5-6,8,14H,4,7H2,1-3H3. The molecule has 0 saturated heterocycles. The summed E-state index contributed by atoms with van der Waals surface area (Å²) in [5.41, 5.74) is 0.438. The van der Waals surface area contributed by atoms with Crippen LogP contribution in [0, 0.1) is 5.92 Å². The van der Waals surface area contributed by atoms with E-state index in [1.165, 1.54) is 6.07 Å². The van der Waals surface area contributed by atoms with Crippen molar-refractivity contribution in [1.29, 1.82) is 0 Å². The lowest BCUT2D eigenvalue weighted by atomic mass is 10.2. The maximum absolute atomic E-state index is 11.2. The van der Waals surface area contributed by atoms with Crippen molar-refractivity contribution in [2.45, 2.75) is 33.7 Å². The molecule has 1 rings (SSSR count). The Morgan fingerprint density at radius 2 is 2.14 bits per heavy atom. The number of rotatable bonds is 3. The Labute approximate surface area is 84.0 Å². The van der Waals surface area contributed by atoms with Crippen LogP contribution in [0.4, 0.5) is 0 Å². The molecule has 0 aliphatic heterocycles. The van der Waals surface area contributed by atoms with Gasteiger partial charge in [-0.2, -0.15) is 0 Å². The fourth-order valence-electron chi connectivity index (χ4n) is 1.54. The molecular formula is C11H17NO2. The number of nitrogens with zero attached hydrogens (tertiary/aromatic N) is 1. The van der Waals surface area contributed by atoms with Gasteiger partial charge < -0.3 is 9.67 Å². The molecule has 0 unspecified atom stereocenters. The van der Waals surface area contributed by atoms with Gasteiger partial charge in [0, 0.05) is 18.8 Å². The van der Waals surface area contributed by atoms with Gasteiger partial charge in [-0.25, -0.2) is 0 Å². The van der Waals surface area contributed by atoms with E-state index in [1.807, 2.05) is 11.5 Å². The Morgan fingerprint density at radius 1 is 1.50 bits per heavy atom. The second kappa shape index (κ2) is 4.31. The van der Waals surface area contributed by atoms with Crippen LogP contribution in [0.15, 0.2) is 17.1 Å². The third-order valence-corrected chi connectivity index (χ3v) is 2.16. The fourth-order valence-corrected chi connectivity index (χ4v) is 1.54. The van der Waals surface area contributed by atoms with Crippen molar-refractivity contribution in [2.75, 3.05) is 0 Å². The van der Waals surface area contributed by atoms with Gasteiger partial charge in [-0.3, -0.25) is 4.79 Å². The molecule has 0 aliphatic rings. The van der Waals surface area contributed by atoms with Crippen molar-refractivity contribution in [3.8, 4) is 5.75 Å². The van der Waals surface area contributed by atoms with Crippen molar-refractivity contribution in [1.82, 2.24) is 4.57 Å². The van der Waals surface area contributed by atoms with Gasteiger partial charge in [-0.15, -0.1) is 0 Å². The first-order valence-corrected chi connectivity index (χ1v) is 4.97. The van der Waals surface area contributed by atoms with Crippen molar-refractivity contribution >= 4 is 0 Å². The van der Waals surface area contributed by atoms with Crippen LogP contribution in [0.25, 0.3) is 0 Å². The van der Waals surface area contributed by atoms with Crippen molar-refractivity contribution in [3.63, 3.8) is 0 Å². The number of pyridine rings is 1. The molecular weight excluding hydrogens is 178 g/mol. The number of hydrogen-bond donors (Lipinski definition) is 1. The first kappa shape index (κ1) is 10.8. The van der Waals surface area contributed by atoms with E-state index in [1.54, 1.807) is 6.20 Å². The highest BCUT2D eigenvalue weighted by molar-refractivity contribution is 5.26. The highest BCUT2D eigenvalue weighted by Gasteiger charge is 2.08. The van der Waals surface area contributed by atoms with E-state index in [0.717, 1.165) is 12.2 Å². The third kappa shape index (κ3) is 2.16. The topological polar surface area (TPSA) is 42.2 Å². The van der Waals surface area contributed by atoms with Crippen LogP contribution >= 0.6 is 0 Å². The van der Waals surface area contributed by atoms with E-state index in [9.17, 15) is 9.90 Å². The van der Waals surface area contributed by atoms with Crippen LogP contribution in [-0.2, 0) is 13.0 Å². The molecule has 1 heterocycles. The van der Waals surface area contributed by atoms with Crippen LogP contribution in [0.3, 0.4) is 0 Å². The summed E-state index contributed by atoms with van der Waals surface area (Å²) < 4.78 is 1.95. The Balaban J connectivity index is 3.17. The largest absolute Gasteiger partial charge is 0.503 e. The van der Waals surface area contributed by atoms with E-state index in [-0.39, 0.29) is 11.2 Å².